The van der Waals surface area contributed by atoms with Crippen LogP contribution in [0.15, 0.2) is 55.0 Å². The highest BCUT2D eigenvalue weighted by atomic mass is 15.2. The molecule has 0 amide bonds. The standard InChI is InChI=1S/C16H14N6/c1-2-6-13-12(5-1)16(19-11-18-13)17-9-8-15-21-20-14-7-3-4-10-22(14)15/h1-7,10-11H,8-9H2,(H,17,18,19). The lowest BCUT2D eigenvalue weighted by molar-refractivity contribution is 0.868. The van der Waals surface area contributed by atoms with Gasteiger partial charge in [-0.05, 0) is 24.3 Å². The number of nitrogens with one attached hydrogen (secondary N) is 1. The molecule has 0 spiro atoms. The molecular formula is C16H14N6. The molecule has 3 heterocycles. The Kier molecular flexibility index (Phi) is 3.12. The van der Waals surface area contributed by atoms with E-state index < -0.39 is 0 Å². The SMILES string of the molecule is c1ccc2c(NCCc3nnc4ccccn34)ncnc2c1. The van der Waals surface area contributed by atoms with Crippen LogP contribution in [0, 0.1) is 0 Å². The Morgan fingerprint density at radius 3 is 2.86 bits per heavy atom. The molecule has 4 rings (SSSR count). The summed E-state index contributed by atoms with van der Waals surface area (Å²) < 4.78 is 2.00. The smallest absolute Gasteiger partial charge is 0.160 e. The van der Waals surface area contributed by atoms with Crippen molar-refractivity contribution in [3.05, 3.63) is 60.8 Å². The van der Waals surface area contributed by atoms with Crippen LogP contribution in [0.25, 0.3) is 16.6 Å². The topological polar surface area (TPSA) is 68.0 Å². The number of hydrogen-bond acceptors (Lipinski definition) is 5. The molecule has 0 saturated carbocycles. The van der Waals surface area contributed by atoms with Crippen LogP contribution in [-0.4, -0.2) is 31.1 Å². The number of rotatable bonds is 4. The number of pyridine rings is 1. The summed E-state index contributed by atoms with van der Waals surface area (Å²) >= 11 is 0. The van der Waals surface area contributed by atoms with Crippen LogP contribution < -0.4 is 5.32 Å². The van der Waals surface area contributed by atoms with Crippen LogP contribution in [0.3, 0.4) is 0 Å². The van der Waals surface area contributed by atoms with Crippen LogP contribution in [-0.2, 0) is 6.42 Å². The normalized spacial score (nSPS) is 11.1. The predicted octanol–water partition coefficient (Wildman–Crippen LogP) is 2.33. The third-order valence-corrected chi connectivity index (χ3v) is 3.57. The van der Waals surface area contributed by atoms with Crippen LogP contribution >= 0.6 is 0 Å². The number of nitrogens with zero attached hydrogens (tertiary/aromatic N) is 5. The first-order valence-electron chi connectivity index (χ1n) is 7.14. The van der Waals surface area contributed by atoms with Gasteiger partial charge in [-0.2, -0.15) is 0 Å². The molecule has 0 fully saturated rings. The van der Waals surface area contributed by atoms with Crippen LogP contribution in [0.4, 0.5) is 5.82 Å². The summed E-state index contributed by atoms with van der Waals surface area (Å²) in [6.45, 7) is 0.733. The molecule has 0 aliphatic carbocycles. The fourth-order valence-corrected chi connectivity index (χ4v) is 2.50. The second-order valence-electron chi connectivity index (χ2n) is 4.96. The molecule has 0 saturated heterocycles. The predicted molar refractivity (Wildman–Crippen MR) is 84.7 cm³/mol. The number of para-hydroxylation sites is 1. The van der Waals surface area contributed by atoms with Crippen LogP contribution in [0.1, 0.15) is 5.82 Å². The van der Waals surface area contributed by atoms with Gasteiger partial charge in [-0.25, -0.2) is 9.97 Å². The first kappa shape index (κ1) is 12.7. The second-order valence-corrected chi connectivity index (χ2v) is 4.96. The van der Waals surface area contributed by atoms with Gasteiger partial charge in [0.2, 0.25) is 0 Å². The van der Waals surface area contributed by atoms with Crippen molar-refractivity contribution < 1.29 is 0 Å². The number of aromatic nitrogens is 5. The number of fused-ring (bicyclic) bond motifs is 2. The molecule has 6 nitrogen and oxygen atoms in total. The van der Waals surface area contributed by atoms with Gasteiger partial charge in [0.15, 0.2) is 5.65 Å². The van der Waals surface area contributed by atoms with E-state index in [4.69, 9.17) is 0 Å². The first-order chi connectivity index (χ1) is 10.9. The van der Waals surface area contributed by atoms with Gasteiger partial charge in [-0.15, -0.1) is 10.2 Å². The van der Waals surface area contributed by atoms with Crippen molar-refractivity contribution in [1.82, 2.24) is 24.6 Å². The molecule has 0 aliphatic heterocycles. The van der Waals surface area contributed by atoms with E-state index in [9.17, 15) is 0 Å². The summed E-state index contributed by atoms with van der Waals surface area (Å²) in [5.41, 5.74) is 1.80. The highest BCUT2D eigenvalue weighted by Crippen LogP contribution is 2.18. The minimum absolute atomic E-state index is 0.733. The fraction of sp³-hybridized carbons (Fsp3) is 0.125. The molecule has 1 aromatic carbocycles. The van der Waals surface area contributed by atoms with E-state index >= 15 is 0 Å². The molecule has 3 aromatic heterocycles. The average Bonchev–Trinajstić information content (AvgIpc) is 2.99. The molecule has 0 unspecified atom stereocenters. The average molecular weight is 290 g/mol. The van der Waals surface area contributed by atoms with Gasteiger partial charge < -0.3 is 5.32 Å². The summed E-state index contributed by atoms with van der Waals surface area (Å²) in [6, 6.07) is 13.8. The molecule has 0 aliphatic rings. The maximum absolute atomic E-state index is 4.32. The molecule has 0 atom stereocenters. The number of benzene rings is 1. The summed E-state index contributed by atoms with van der Waals surface area (Å²) in [7, 11) is 0. The lowest BCUT2D eigenvalue weighted by Gasteiger charge is -2.07. The Hall–Kier alpha value is -3.02. The molecule has 22 heavy (non-hydrogen) atoms. The Balaban J connectivity index is 1.53. The van der Waals surface area contributed by atoms with Gasteiger partial charge >= 0.3 is 0 Å². The third-order valence-electron chi connectivity index (χ3n) is 3.57. The fourth-order valence-electron chi connectivity index (χ4n) is 2.50. The third kappa shape index (κ3) is 2.24. The highest BCUT2D eigenvalue weighted by Gasteiger charge is 2.06. The van der Waals surface area contributed by atoms with Gasteiger partial charge in [0.1, 0.15) is 18.0 Å². The molecule has 0 bridgehead atoms. The zero-order chi connectivity index (χ0) is 14.8. The molecule has 108 valence electrons. The van der Waals surface area contributed by atoms with E-state index in [0.29, 0.717) is 0 Å². The maximum Gasteiger partial charge on any atom is 0.160 e. The van der Waals surface area contributed by atoms with E-state index in [-0.39, 0.29) is 0 Å². The molecule has 6 heteroatoms. The van der Waals surface area contributed by atoms with Crippen molar-refractivity contribution >= 4 is 22.4 Å². The van der Waals surface area contributed by atoms with Crippen LogP contribution in [0.2, 0.25) is 0 Å². The van der Waals surface area contributed by atoms with Crippen molar-refractivity contribution in [3.63, 3.8) is 0 Å². The Morgan fingerprint density at radius 1 is 0.955 bits per heavy atom. The van der Waals surface area contributed by atoms with Crippen molar-refractivity contribution in [1.29, 1.82) is 0 Å². The first-order valence-corrected chi connectivity index (χ1v) is 7.14. The zero-order valence-corrected chi connectivity index (χ0v) is 11.8. The molecule has 4 aromatic rings. The van der Waals surface area contributed by atoms with E-state index in [2.05, 4.69) is 25.5 Å². The summed E-state index contributed by atoms with van der Waals surface area (Å²) in [6.07, 6.45) is 4.32. The molecule has 1 N–H and O–H groups in total. The Bertz CT molecular complexity index is 925. The molecular weight excluding hydrogens is 276 g/mol. The van der Waals surface area contributed by atoms with E-state index in [0.717, 1.165) is 41.2 Å². The van der Waals surface area contributed by atoms with Crippen molar-refractivity contribution in [3.8, 4) is 0 Å². The quantitative estimate of drug-likeness (QED) is 0.625. The summed E-state index contributed by atoms with van der Waals surface area (Å²) in [4.78, 5) is 8.59. The zero-order valence-electron chi connectivity index (χ0n) is 11.8. The van der Waals surface area contributed by atoms with Crippen molar-refractivity contribution in [2.45, 2.75) is 6.42 Å². The summed E-state index contributed by atoms with van der Waals surface area (Å²) in [5.74, 6) is 1.78. The Labute approximate surface area is 126 Å². The van der Waals surface area contributed by atoms with Gasteiger partial charge in [-0.3, -0.25) is 4.40 Å². The minimum atomic E-state index is 0.733. The van der Waals surface area contributed by atoms with Gasteiger partial charge in [0.25, 0.3) is 0 Å². The Morgan fingerprint density at radius 2 is 1.86 bits per heavy atom. The van der Waals surface area contributed by atoms with E-state index in [1.807, 2.05) is 53.1 Å². The second kappa shape index (κ2) is 5.40. The summed E-state index contributed by atoms with van der Waals surface area (Å²) in [5, 5.41) is 12.8. The number of anilines is 1. The van der Waals surface area contributed by atoms with Gasteiger partial charge in [-0.1, -0.05) is 18.2 Å². The van der Waals surface area contributed by atoms with E-state index in [1.165, 1.54) is 0 Å². The van der Waals surface area contributed by atoms with Gasteiger partial charge in [0, 0.05) is 24.5 Å². The monoisotopic (exact) mass is 290 g/mol. The highest BCUT2D eigenvalue weighted by molar-refractivity contribution is 5.88. The lowest BCUT2D eigenvalue weighted by Crippen LogP contribution is -2.09. The minimum Gasteiger partial charge on any atom is -0.369 e. The van der Waals surface area contributed by atoms with Crippen molar-refractivity contribution in [2.24, 2.45) is 0 Å². The largest absolute Gasteiger partial charge is 0.369 e. The lowest BCUT2D eigenvalue weighted by atomic mass is 10.2. The van der Waals surface area contributed by atoms with Gasteiger partial charge in [0.05, 0.1) is 5.52 Å². The van der Waals surface area contributed by atoms with Crippen molar-refractivity contribution in [2.75, 3.05) is 11.9 Å². The molecule has 0 radical (unpaired) electrons. The maximum atomic E-state index is 4.32. The van der Waals surface area contributed by atoms with E-state index in [1.54, 1.807) is 6.33 Å². The number of hydrogen-bond donors (Lipinski definition) is 1. The van der Waals surface area contributed by atoms with Crippen LogP contribution in [0.5, 0.6) is 0 Å².